The fraction of sp³-hybridized carbons (Fsp3) is 0.348. The predicted molar refractivity (Wildman–Crippen MR) is 112 cm³/mol. The first-order valence-corrected chi connectivity index (χ1v) is 9.75. The van der Waals surface area contributed by atoms with Gasteiger partial charge in [-0.1, -0.05) is 0 Å². The number of rotatable bonds is 6. The molecule has 0 spiro atoms. The van der Waals surface area contributed by atoms with E-state index in [0.29, 0.717) is 17.2 Å². The molecule has 1 aliphatic carbocycles. The number of fused-ring (bicyclic) bond motifs is 1. The van der Waals surface area contributed by atoms with E-state index in [1.54, 1.807) is 28.4 Å². The van der Waals surface area contributed by atoms with Gasteiger partial charge in [-0.05, 0) is 62.1 Å². The Balaban J connectivity index is 1.94. The molecule has 1 heterocycles. The van der Waals surface area contributed by atoms with Gasteiger partial charge in [0.05, 0.1) is 45.5 Å². The van der Waals surface area contributed by atoms with Crippen LogP contribution in [-0.2, 0) is 12.8 Å². The average Bonchev–Trinajstić information content (AvgIpc) is 3.17. The number of methoxy groups -OCH3 is 4. The van der Waals surface area contributed by atoms with Gasteiger partial charge in [0.15, 0.2) is 11.5 Å². The van der Waals surface area contributed by atoms with Gasteiger partial charge in [0.1, 0.15) is 5.75 Å². The van der Waals surface area contributed by atoms with E-state index in [-0.39, 0.29) is 0 Å². The smallest absolute Gasteiger partial charge is 0.203 e. The van der Waals surface area contributed by atoms with Crippen molar-refractivity contribution in [3.8, 4) is 39.9 Å². The molecule has 0 bridgehead atoms. The van der Waals surface area contributed by atoms with Crippen molar-refractivity contribution in [3.63, 3.8) is 0 Å². The summed E-state index contributed by atoms with van der Waals surface area (Å²) in [5, 5.41) is 4.97. The lowest BCUT2D eigenvalue weighted by Crippen LogP contribution is -2.02. The van der Waals surface area contributed by atoms with Crippen LogP contribution in [0, 0.1) is 0 Å². The summed E-state index contributed by atoms with van der Waals surface area (Å²) in [7, 11) is 6.56. The third-order valence-corrected chi connectivity index (χ3v) is 5.41. The molecule has 152 valence electrons. The summed E-state index contributed by atoms with van der Waals surface area (Å²) in [6.07, 6.45) is 4.34. The summed E-state index contributed by atoms with van der Waals surface area (Å²) in [5.74, 6) is 2.67. The molecule has 0 atom stereocenters. The van der Waals surface area contributed by atoms with Crippen LogP contribution in [0.4, 0.5) is 0 Å². The average molecular weight is 394 g/mol. The van der Waals surface area contributed by atoms with Gasteiger partial charge in [0, 0.05) is 11.1 Å². The van der Waals surface area contributed by atoms with Crippen LogP contribution < -0.4 is 18.9 Å². The highest BCUT2D eigenvalue weighted by atomic mass is 16.5. The number of nitrogens with zero attached hydrogens (tertiary/aromatic N) is 2. The van der Waals surface area contributed by atoms with E-state index in [4.69, 9.17) is 24.0 Å². The Bertz CT molecular complexity index is 983. The highest BCUT2D eigenvalue weighted by molar-refractivity contribution is 5.73. The molecule has 4 rings (SSSR count). The lowest BCUT2D eigenvalue weighted by molar-refractivity contribution is 0.324. The largest absolute Gasteiger partial charge is 0.497 e. The first-order valence-electron chi connectivity index (χ1n) is 9.75. The zero-order valence-corrected chi connectivity index (χ0v) is 17.3. The highest BCUT2D eigenvalue weighted by Gasteiger charge is 2.25. The monoisotopic (exact) mass is 394 g/mol. The Morgan fingerprint density at radius 2 is 1.45 bits per heavy atom. The standard InChI is InChI=1S/C23H26N2O4/c1-26-17-11-9-16(10-12-17)25-22(18-7-5-6-8-19(18)24-25)15-13-20(27-2)23(29-4)21(14-15)28-3/h9-14H,5-8H2,1-4H3. The lowest BCUT2D eigenvalue weighted by Gasteiger charge is -2.17. The molecule has 0 N–H and O–H groups in total. The molecular formula is C23H26N2O4. The van der Waals surface area contributed by atoms with E-state index in [1.807, 2.05) is 41.1 Å². The Morgan fingerprint density at radius 1 is 0.793 bits per heavy atom. The summed E-state index contributed by atoms with van der Waals surface area (Å²) < 4.78 is 24.0. The van der Waals surface area contributed by atoms with Crippen molar-refractivity contribution in [1.29, 1.82) is 0 Å². The number of hydrogen-bond acceptors (Lipinski definition) is 5. The molecule has 6 nitrogen and oxygen atoms in total. The van der Waals surface area contributed by atoms with Crippen LogP contribution in [0.2, 0.25) is 0 Å². The van der Waals surface area contributed by atoms with Crippen LogP contribution in [0.5, 0.6) is 23.0 Å². The number of ether oxygens (including phenoxy) is 4. The summed E-state index contributed by atoms with van der Waals surface area (Å²) in [5.41, 5.74) is 5.51. The quantitative estimate of drug-likeness (QED) is 0.618. The van der Waals surface area contributed by atoms with Gasteiger partial charge >= 0.3 is 0 Å². The summed E-state index contributed by atoms with van der Waals surface area (Å²) in [6, 6.07) is 11.9. The number of hydrogen-bond donors (Lipinski definition) is 0. The van der Waals surface area contributed by atoms with Crippen molar-refractivity contribution in [2.75, 3.05) is 28.4 Å². The molecule has 6 heteroatoms. The molecule has 0 unspecified atom stereocenters. The van der Waals surface area contributed by atoms with E-state index in [1.165, 1.54) is 18.4 Å². The van der Waals surface area contributed by atoms with Crippen molar-refractivity contribution in [2.24, 2.45) is 0 Å². The molecule has 0 fully saturated rings. The zero-order valence-electron chi connectivity index (χ0n) is 17.3. The predicted octanol–water partition coefficient (Wildman–Crippen LogP) is 4.45. The first kappa shape index (κ1) is 19.2. The second-order valence-corrected chi connectivity index (χ2v) is 7.00. The summed E-state index contributed by atoms with van der Waals surface area (Å²) in [4.78, 5) is 0. The first-order chi connectivity index (χ1) is 14.2. The molecule has 29 heavy (non-hydrogen) atoms. The van der Waals surface area contributed by atoms with Crippen LogP contribution in [-0.4, -0.2) is 38.2 Å². The maximum absolute atomic E-state index is 5.59. The van der Waals surface area contributed by atoms with Gasteiger partial charge in [-0.2, -0.15) is 5.10 Å². The number of aryl methyl sites for hydroxylation is 1. The Hall–Kier alpha value is -3.15. The zero-order chi connectivity index (χ0) is 20.4. The minimum atomic E-state index is 0.586. The normalized spacial score (nSPS) is 13.0. The molecule has 1 aliphatic rings. The molecule has 0 amide bonds. The van der Waals surface area contributed by atoms with Gasteiger partial charge in [-0.25, -0.2) is 4.68 Å². The lowest BCUT2D eigenvalue weighted by atomic mass is 9.93. The maximum atomic E-state index is 5.59. The van der Waals surface area contributed by atoms with Crippen molar-refractivity contribution >= 4 is 0 Å². The molecule has 1 aromatic heterocycles. The molecule has 0 saturated heterocycles. The van der Waals surface area contributed by atoms with Gasteiger partial charge < -0.3 is 18.9 Å². The summed E-state index contributed by atoms with van der Waals surface area (Å²) >= 11 is 0. The van der Waals surface area contributed by atoms with Crippen LogP contribution in [0.1, 0.15) is 24.1 Å². The molecule has 3 aromatic rings. The molecule has 2 aromatic carbocycles. The van der Waals surface area contributed by atoms with E-state index in [0.717, 1.165) is 41.2 Å². The second-order valence-electron chi connectivity index (χ2n) is 7.00. The van der Waals surface area contributed by atoms with Crippen LogP contribution in [0.25, 0.3) is 16.9 Å². The van der Waals surface area contributed by atoms with Crippen molar-refractivity contribution in [3.05, 3.63) is 47.7 Å². The summed E-state index contributed by atoms with van der Waals surface area (Å²) in [6.45, 7) is 0. The van der Waals surface area contributed by atoms with Crippen LogP contribution in [0.15, 0.2) is 36.4 Å². The third kappa shape index (κ3) is 3.39. The Kier molecular flexibility index (Phi) is 5.34. The highest BCUT2D eigenvalue weighted by Crippen LogP contribution is 2.43. The van der Waals surface area contributed by atoms with E-state index >= 15 is 0 Å². The van der Waals surface area contributed by atoms with Gasteiger partial charge in [-0.3, -0.25) is 0 Å². The fourth-order valence-corrected chi connectivity index (χ4v) is 3.98. The minimum absolute atomic E-state index is 0.586. The molecule has 0 aliphatic heterocycles. The van der Waals surface area contributed by atoms with Crippen LogP contribution >= 0.6 is 0 Å². The fourth-order valence-electron chi connectivity index (χ4n) is 3.98. The van der Waals surface area contributed by atoms with E-state index < -0.39 is 0 Å². The third-order valence-electron chi connectivity index (χ3n) is 5.41. The van der Waals surface area contributed by atoms with Crippen LogP contribution in [0.3, 0.4) is 0 Å². The van der Waals surface area contributed by atoms with Gasteiger partial charge in [0.25, 0.3) is 0 Å². The van der Waals surface area contributed by atoms with Gasteiger partial charge in [-0.15, -0.1) is 0 Å². The SMILES string of the molecule is COc1ccc(-n2nc3c(c2-c2cc(OC)c(OC)c(OC)c2)CCCC3)cc1. The minimum Gasteiger partial charge on any atom is -0.497 e. The maximum Gasteiger partial charge on any atom is 0.203 e. The number of aromatic nitrogens is 2. The number of benzene rings is 2. The van der Waals surface area contributed by atoms with Gasteiger partial charge in [0.2, 0.25) is 5.75 Å². The Labute approximate surface area is 171 Å². The van der Waals surface area contributed by atoms with Crippen molar-refractivity contribution in [2.45, 2.75) is 25.7 Å². The Morgan fingerprint density at radius 3 is 2.03 bits per heavy atom. The van der Waals surface area contributed by atoms with Crippen molar-refractivity contribution < 1.29 is 18.9 Å². The second kappa shape index (κ2) is 8.07. The molecule has 0 saturated carbocycles. The molecule has 0 radical (unpaired) electrons. The van der Waals surface area contributed by atoms with E-state index in [9.17, 15) is 0 Å². The molecular weight excluding hydrogens is 368 g/mol. The topological polar surface area (TPSA) is 54.7 Å². The van der Waals surface area contributed by atoms with E-state index in [2.05, 4.69) is 0 Å². The van der Waals surface area contributed by atoms with Crippen molar-refractivity contribution in [1.82, 2.24) is 9.78 Å².